The lowest BCUT2D eigenvalue weighted by molar-refractivity contribution is 0.0698. The lowest BCUT2D eigenvalue weighted by Crippen LogP contribution is -2.29. The van der Waals surface area contributed by atoms with E-state index >= 15 is 0 Å². The second-order valence-corrected chi connectivity index (χ2v) is 6.04. The van der Waals surface area contributed by atoms with Gasteiger partial charge in [0.25, 0.3) is 5.91 Å². The van der Waals surface area contributed by atoms with Gasteiger partial charge in [-0.05, 0) is 61.7 Å². The highest BCUT2D eigenvalue weighted by molar-refractivity contribution is 6.08. The van der Waals surface area contributed by atoms with Gasteiger partial charge in [0, 0.05) is 24.3 Å². The number of anilines is 2. The van der Waals surface area contributed by atoms with Gasteiger partial charge < -0.3 is 15.3 Å². The fraction of sp³-hybridized carbons (Fsp3) is 0.263. The zero-order valence-electron chi connectivity index (χ0n) is 13.7. The van der Waals surface area contributed by atoms with Crippen molar-refractivity contribution in [2.75, 3.05) is 23.3 Å². The number of benzene rings is 2. The summed E-state index contributed by atoms with van der Waals surface area (Å²) in [6, 6.07) is 10.1. The van der Waals surface area contributed by atoms with Crippen LogP contribution in [0.5, 0.6) is 0 Å². The van der Waals surface area contributed by atoms with Crippen molar-refractivity contribution in [2.24, 2.45) is 0 Å². The van der Waals surface area contributed by atoms with Crippen molar-refractivity contribution in [2.45, 2.75) is 19.3 Å². The molecule has 1 aliphatic heterocycles. The summed E-state index contributed by atoms with van der Waals surface area (Å²) in [6.07, 6.45) is 3.37. The molecule has 3 rings (SSSR count). The van der Waals surface area contributed by atoms with E-state index in [0.717, 1.165) is 31.6 Å². The van der Waals surface area contributed by atoms with E-state index in [1.165, 1.54) is 30.7 Å². The number of amides is 1. The average molecular weight is 342 g/mol. The summed E-state index contributed by atoms with van der Waals surface area (Å²) in [6.45, 7) is 1.81. The van der Waals surface area contributed by atoms with Crippen LogP contribution in [0.4, 0.5) is 15.8 Å². The van der Waals surface area contributed by atoms with E-state index in [2.05, 4.69) is 10.2 Å². The van der Waals surface area contributed by atoms with Crippen LogP contribution in [-0.4, -0.2) is 30.1 Å². The number of hydrogen-bond acceptors (Lipinski definition) is 3. The number of carboxylic acids is 1. The summed E-state index contributed by atoms with van der Waals surface area (Å²) in [5.74, 6) is -2.02. The smallest absolute Gasteiger partial charge is 0.337 e. The Labute approximate surface area is 145 Å². The van der Waals surface area contributed by atoms with Gasteiger partial charge in [0.1, 0.15) is 5.82 Å². The first kappa shape index (κ1) is 17.0. The lowest BCUT2D eigenvalue weighted by Gasteiger charge is -2.29. The van der Waals surface area contributed by atoms with Gasteiger partial charge in [-0.1, -0.05) is 0 Å². The van der Waals surface area contributed by atoms with Crippen LogP contribution in [0.1, 0.15) is 40.0 Å². The van der Waals surface area contributed by atoms with E-state index in [-0.39, 0.29) is 16.8 Å². The Kier molecular flexibility index (Phi) is 4.97. The SMILES string of the molecule is O=C(Nc1ccc(N2CCCCC2)cc1C(=O)O)c1ccc(F)cc1. The fourth-order valence-electron chi connectivity index (χ4n) is 2.96. The molecule has 1 fully saturated rings. The summed E-state index contributed by atoms with van der Waals surface area (Å²) >= 11 is 0. The first-order valence-electron chi connectivity index (χ1n) is 8.24. The third-order valence-electron chi connectivity index (χ3n) is 4.31. The van der Waals surface area contributed by atoms with E-state index in [9.17, 15) is 19.1 Å². The quantitative estimate of drug-likeness (QED) is 0.887. The second-order valence-electron chi connectivity index (χ2n) is 6.04. The minimum absolute atomic E-state index is 0.0403. The number of nitrogens with zero attached hydrogens (tertiary/aromatic N) is 1. The van der Waals surface area contributed by atoms with E-state index < -0.39 is 17.7 Å². The van der Waals surface area contributed by atoms with Gasteiger partial charge >= 0.3 is 5.97 Å². The lowest BCUT2D eigenvalue weighted by atomic mass is 10.1. The molecule has 0 atom stereocenters. The van der Waals surface area contributed by atoms with E-state index in [1.807, 2.05) is 6.07 Å². The summed E-state index contributed by atoms with van der Waals surface area (Å²) in [5, 5.41) is 12.1. The molecule has 0 aromatic heterocycles. The van der Waals surface area contributed by atoms with E-state index in [1.54, 1.807) is 12.1 Å². The van der Waals surface area contributed by atoms with Gasteiger partial charge in [-0.15, -0.1) is 0 Å². The summed E-state index contributed by atoms with van der Waals surface area (Å²) in [4.78, 5) is 26.0. The van der Waals surface area contributed by atoms with Gasteiger partial charge in [-0.25, -0.2) is 9.18 Å². The molecule has 0 aliphatic carbocycles. The summed E-state index contributed by atoms with van der Waals surface area (Å²) in [7, 11) is 0. The van der Waals surface area contributed by atoms with Gasteiger partial charge in [0.15, 0.2) is 0 Å². The number of halogens is 1. The number of nitrogens with one attached hydrogen (secondary N) is 1. The molecule has 0 spiro atoms. The number of piperidine rings is 1. The van der Waals surface area contributed by atoms with Crippen molar-refractivity contribution in [1.82, 2.24) is 0 Å². The molecule has 1 aliphatic rings. The Balaban J connectivity index is 1.83. The largest absolute Gasteiger partial charge is 0.478 e. The topological polar surface area (TPSA) is 69.6 Å². The zero-order valence-corrected chi connectivity index (χ0v) is 13.7. The van der Waals surface area contributed by atoms with Crippen LogP contribution < -0.4 is 10.2 Å². The van der Waals surface area contributed by atoms with E-state index in [4.69, 9.17) is 0 Å². The molecule has 1 amide bonds. The van der Waals surface area contributed by atoms with E-state index in [0.29, 0.717) is 0 Å². The number of carbonyl (C=O) groups is 2. The predicted octanol–water partition coefficient (Wildman–Crippen LogP) is 3.77. The normalized spacial score (nSPS) is 14.2. The molecule has 1 saturated heterocycles. The highest BCUT2D eigenvalue weighted by Gasteiger charge is 2.18. The maximum Gasteiger partial charge on any atom is 0.337 e. The van der Waals surface area contributed by atoms with Crippen LogP contribution in [0.15, 0.2) is 42.5 Å². The molecule has 6 heteroatoms. The maximum atomic E-state index is 13.0. The van der Waals surface area contributed by atoms with Crippen LogP contribution >= 0.6 is 0 Å². The summed E-state index contributed by atoms with van der Waals surface area (Å²) in [5.41, 5.74) is 1.37. The molecule has 2 aromatic carbocycles. The second kappa shape index (κ2) is 7.34. The van der Waals surface area contributed by atoms with Crippen molar-refractivity contribution in [1.29, 1.82) is 0 Å². The van der Waals surface area contributed by atoms with Crippen LogP contribution in [0.3, 0.4) is 0 Å². The summed E-state index contributed by atoms with van der Waals surface area (Å²) < 4.78 is 13.0. The van der Waals surface area contributed by atoms with Gasteiger partial charge in [-0.3, -0.25) is 4.79 Å². The minimum atomic E-state index is -1.10. The molecule has 2 N–H and O–H groups in total. The third kappa shape index (κ3) is 3.96. The Morgan fingerprint density at radius 2 is 1.68 bits per heavy atom. The first-order valence-corrected chi connectivity index (χ1v) is 8.24. The first-order chi connectivity index (χ1) is 12.0. The molecule has 5 nitrogen and oxygen atoms in total. The van der Waals surface area contributed by atoms with Crippen molar-refractivity contribution in [3.05, 3.63) is 59.4 Å². The van der Waals surface area contributed by atoms with Crippen molar-refractivity contribution < 1.29 is 19.1 Å². The van der Waals surface area contributed by atoms with Gasteiger partial charge in [0.2, 0.25) is 0 Å². The zero-order chi connectivity index (χ0) is 17.8. The fourth-order valence-corrected chi connectivity index (χ4v) is 2.96. The van der Waals surface area contributed by atoms with Crippen LogP contribution in [0.2, 0.25) is 0 Å². The van der Waals surface area contributed by atoms with Crippen LogP contribution in [0.25, 0.3) is 0 Å². The Bertz CT molecular complexity index is 784. The number of rotatable bonds is 4. The third-order valence-corrected chi connectivity index (χ3v) is 4.31. The average Bonchev–Trinajstić information content (AvgIpc) is 2.63. The Morgan fingerprint density at radius 1 is 1.00 bits per heavy atom. The molecule has 0 radical (unpaired) electrons. The number of aromatic carboxylic acids is 1. The van der Waals surface area contributed by atoms with Crippen molar-refractivity contribution >= 4 is 23.3 Å². The predicted molar refractivity (Wildman–Crippen MR) is 93.8 cm³/mol. The molecule has 0 bridgehead atoms. The number of hydrogen-bond donors (Lipinski definition) is 2. The highest BCUT2D eigenvalue weighted by Crippen LogP contribution is 2.26. The molecule has 130 valence electrons. The van der Waals surface area contributed by atoms with Gasteiger partial charge in [0.05, 0.1) is 11.3 Å². The molecule has 2 aromatic rings. The highest BCUT2D eigenvalue weighted by atomic mass is 19.1. The molecule has 0 saturated carbocycles. The number of carbonyl (C=O) groups excluding carboxylic acids is 1. The van der Waals surface area contributed by atoms with Crippen molar-refractivity contribution in [3.8, 4) is 0 Å². The molecular weight excluding hydrogens is 323 g/mol. The van der Waals surface area contributed by atoms with Gasteiger partial charge in [-0.2, -0.15) is 0 Å². The minimum Gasteiger partial charge on any atom is -0.478 e. The molecule has 25 heavy (non-hydrogen) atoms. The monoisotopic (exact) mass is 342 g/mol. The Hall–Kier alpha value is -2.89. The Morgan fingerprint density at radius 3 is 2.32 bits per heavy atom. The standard InChI is InChI=1S/C19H19FN2O3/c20-14-6-4-13(5-7-14)18(23)21-17-9-8-15(12-16(17)19(24)25)22-10-2-1-3-11-22/h4-9,12H,1-3,10-11H2,(H,21,23)(H,24,25). The molecule has 1 heterocycles. The molecular formula is C19H19FN2O3. The van der Waals surface area contributed by atoms with Crippen LogP contribution in [-0.2, 0) is 0 Å². The maximum absolute atomic E-state index is 13.0. The van der Waals surface area contributed by atoms with Crippen molar-refractivity contribution in [3.63, 3.8) is 0 Å². The van der Waals surface area contributed by atoms with Crippen LogP contribution in [0, 0.1) is 5.82 Å². The molecule has 0 unspecified atom stereocenters. The number of carboxylic acid groups (broad SMARTS) is 1.